The van der Waals surface area contributed by atoms with Crippen molar-refractivity contribution in [2.45, 2.75) is 0 Å². The minimum Gasteiger partial charge on any atom is -0.465 e. The molecule has 1 aliphatic heterocycles. The highest BCUT2D eigenvalue weighted by Crippen LogP contribution is 2.31. The first kappa shape index (κ1) is 13.0. The van der Waals surface area contributed by atoms with Gasteiger partial charge in [-0.15, -0.1) is 11.3 Å². The van der Waals surface area contributed by atoms with Gasteiger partial charge < -0.3 is 14.9 Å². The predicted molar refractivity (Wildman–Crippen MR) is 81.6 cm³/mol. The number of rotatable bonds is 2. The fraction of sp³-hybridized carbons (Fsp3) is 0.267. The van der Waals surface area contributed by atoms with Gasteiger partial charge in [-0.2, -0.15) is 0 Å². The summed E-state index contributed by atoms with van der Waals surface area (Å²) in [5.41, 5.74) is 2.45. The second kappa shape index (κ2) is 5.54. The third-order valence-corrected chi connectivity index (χ3v) is 4.54. The van der Waals surface area contributed by atoms with E-state index in [9.17, 15) is 4.79 Å². The van der Waals surface area contributed by atoms with Crippen molar-refractivity contribution in [2.24, 2.45) is 0 Å². The molecule has 0 atom stereocenters. The molecule has 2 heterocycles. The van der Waals surface area contributed by atoms with Crippen molar-refractivity contribution in [3.8, 4) is 11.1 Å². The summed E-state index contributed by atoms with van der Waals surface area (Å²) in [6.45, 7) is 2.68. The molecular formula is C15H16N2O2S. The maximum atomic E-state index is 10.9. The van der Waals surface area contributed by atoms with Gasteiger partial charge in [0.1, 0.15) is 0 Å². The molecule has 0 spiro atoms. The Hall–Kier alpha value is -2.01. The number of hydrogen-bond acceptors (Lipinski definition) is 3. The Kier molecular flexibility index (Phi) is 3.60. The van der Waals surface area contributed by atoms with Gasteiger partial charge in [0.25, 0.3) is 0 Å². The van der Waals surface area contributed by atoms with Gasteiger partial charge in [0.15, 0.2) is 0 Å². The van der Waals surface area contributed by atoms with Crippen molar-refractivity contribution < 1.29 is 9.90 Å². The number of amides is 1. The summed E-state index contributed by atoms with van der Waals surface area (Å²) >= 11 is 1.72. The van der Waals surface area contributed by atoms with E-state index in [1.54, 1.807) is 11.3 Å². The molecule has 104 valence electrons. The van der Waals surface area contributed by atoms with Crippen molar-refractivity contribution in [1.29, 1.82) is 0 Å². The smallest absolute Gasteiger partial charge is 0.407 e. The largest absolute Gasteiger partial charge is 0.465 e. The lowest BCUT2D eigenvalue weighted by Gasteiger charge is -2.33. The van der Waals surface area contributed by atoms with Crippen LogP contribution in [0.25, 0.3) is 11.1 Å². The minimum atomic E-state index is -0.819. The number of piperazine rings is 1. The van der Waals surface area contributed by atoms with Gasteiger partial charge >= 0.3 is 6.09 Å². The molecule has 3 rings (SSSR count). The zero-order chi connectivity index (χ0) is 13.9. The van der Waals surface area contributed by atoms with Crippen molar-refractivity contribution in [3.63, 3.8) is 0 Å². The molecule has 1 N–H and O–H groups in total. The maximum absolute atomic E-state index is 10.9. The molecule has 0 radical (unpaired) electrons. The number of anilines is 1. The summed E-state index contributed by atoms with van der Waals surface area (Å²) in [7, 11) is 0. The topological polar surface area (TPSA) is 43.8 Å². The van der Waals surface area contributed by atoms with Crippen LogP contribution in [0.1, 0.15) is 0 Å². The first-order chi connectivity index (χ1) is 9.74. The molecule has 0 aliphatic carbocycles. The van der Waals surface area contributed by atoms with Gasteiger partial charge in [0, 0.05) is 31.6 Å². The van der Waals surface area contributed by atoms with Crippen molar-refractivity contribution >= 4 is 22.4 Å². The van der Waals surface area contributed by atoms with Crippen LogP contribution in [-0.4, -0.2) is 42.3 Å². The van der Waals surface area contributed by atoms with Gasteiger partial charge in [-0.1, -0.05) is 30.3 Å². The Morgan fingerprint density at radius 3 is 2.40 bits per heavy atom. The Labute approximate surface area is 121 Å². The molecule has 1 aliphatic rings. The summed E-state index contributed by atoms with van der Waals surface area (Å²) < 4.78 is 0. The van der Waals surface area contributed by atoms with Crippen molar-refractivity contribution in [2.75, 3.05) is 31.1 Å². The Bertz CT molecular complexity index is 589. The molecule has 0 bridgehead atoms. The van der Waals surface area contributed by atoms with Gasteiger partial charge in [0.05, 0.1) is 5.00 Å². The monoisotopic (exact) mass is 288 g/mol. The van der Waals surface area contributed by atoms with E-state index in [1.165, 1.54) is 21.0 Å². The third-order valence-electron chi connectivity index (χ3n) is 3.55. The second-order valence-electron chi connectivity index (χ2n) is 4.80. The average molecular weight is 288 g/mol. The van der Waals surface area contributed by atoms with Crippen LogP contribution in [0.3, 0.4) is 0 Å². The molecule has 1 fully saturated rings. The van der Waals surface area contributed by atoms with Gasteiger partial charge in [-0.3, -0.25) is 0 Å². The summed E-state index contributed by atoms with van der Waals surface area (Å²) in [5.74, 6) is 0. The highest BCUT2D eigenvalue weighted by atomic mass is 32.1. The van der Waals surface area contributed by atoms with Crippen LogP contribution in [0.5, 0.6) is 0 Å². The predicted octanol–water partition coefficient (Wildman–Crippen LogP) is 3.22. The standard InChI is InChI=1S/C15H16N2O2S/c18-15(19)17-8-6-16(7-9-17)14-10-13(11-20-14)12-4-2-1-3-5-12/h1-5,10-11H,6-9H2,(H,18,19). The van der Waals surface area contributed by atoms with E-state index in [1.807, 2.05) is 18.2 Å². The lowest BCUT2D eigenvalue weighted by atomic mass is 10.1. The number of carboxylic acid groups (broad SMARTS) is 1. The average Bonchev–Trinajstić information content (AvgIpc) is 2.98. The maximum Gasteiger partial charge on any atom is 0.407 e. The van der Waals surface area contributed by atoms with Crippen LogP contribution < -0.4 is 4.90 Å². The SMILES string of the molecule is O=C(O)N1CCN(c2cc(-c3ccccc3)cs2)CC1. The summed E-state index contributed by atoms with van der Waals surface area (Å²) in [4.78, 5) is 14.6. The van der Waals surface area contributed by atoms with Crippen LogP contribution in [0, 0.1) is 0 Å². The summed E-state index contributed by atoms with van der Waals surface area (Å²) in [5, 5.41) is 12.3. The Balaban J connectivity index is 1.71. The van der Waals surface area contributed by atoms with E-state index in [0.29, 0.717) is 13.1 Å². The van der Waals surface area contributed by atoms with Crippen LogP contribution in [0.15, 0.2) is 41.8 Å². The van der Waals surface area contributed by atoms with Crippen molar-refractivity contribution in [3.05, 3.63) is 41.8 Å². The molecule has 1 amide bonds. The van der Waals surface area contributed by atoms with E-state index < -0.39 is 6.09 Å². The zero-order valence-corrected chi connectivity index (χ0v) is 11.8. The van der Waals surface area contributed by atoms with Gasteiger partial charge in [-0.25, -0.2) is 4.79 Å². The minimum absolute atomic E-state index is 0.577. The Morgan fingerprint density at radius 1 is 1.05 bits per heavy atom. The number of carbonyl (C=O) groups is 1. The van der Waals surface area contributed by atoms with E-state index in [4.69, 9.17) is 5.11 Å². The summed E-state index contributed by atoms with van der Waals surface area (Å²) in [6, 6.07) is 12.5. The highest BCUT2D eigenvalue weighted by molar-refractivity contribution is 7.14. The first-order valence-corrected chi connectivity index (χ1v) is 7.49. The summed E-state index contributed by atoms with van der Waals surface area (Å²) in [6.07, 6.45) is -0.819. The zero-order valence-electron chi connectivity index (χ0n) is 11.0. The second-order valence-corrected chi connectivity index (χ2v) is 5.69. The lowest BCUT2D eigenvalue weighted by Crippen LogP contribution is -2.48. The van der Waals surface area contributed by atoms with E-state index in [2.05, 4.69) is 28.5 Å². The molecule has 5 heteroatoms. The molecule has 1 aromatic carbocycles. The van der Waals surface area contributed by atoms with Crippen LogP contribution in [0.4, 0.5) is 9.80 Å². The number of thiophene rings is 1. The number of nitrogens with zero attached hydrogens (tertiary/aromatic N) is 2. The quantitative estimate of drug-likeness (QED) is 0.922. The number of hydrogen-bond donors (Lipinski definition) is 1. The lowest BCUT2D eigenvalue weighted by molar-refractivity contribution is 0.142. The fourth-order valence-electron chi connectivity index (χ4n) is 2.39. The van der Waals surface area contributed by atoms with E-state index >= 15 is 0 Å². The first-order valence-electron chi connectivity index (χ1n) is 6.61. The fourth-order valence-corrected chi connectivity index (χ4v) is 3.37. The molecule has 0 saturated carbocycles. The van der Waals surface area contributed by atoms with E-state index in [-0.39, 0.29) is 0 Å². The van der Waals surface area contributed by atoms with Crippen molar-refractivity contribution in [1.82, 2.24) is 4.90 Å². The molecule has 2 aromatic rings. The molecule has 0 unspecified atom stereocenters. The molecular weight excluding hydrogens is 272 g/mol. The van der Waals surface area contributed by atoms with Crippen LogP contribution in [0.2, 0.25) is 0 Å². The number of benzene rings is 1. The molecule has 20 heavy (non-hydrogen) atoms. The highest BCUT2D eigenvalue weighted by Gasteiger charge is 2.21. The molecule has 1 saturated heterocycles. The third kappa shape index (κ3) is 2.63. The van der Waals surface area contributed by atoms with Crippen LogP contribution >= 0.6 is 11.3 Å². The normalized spacial score (nSPS) is 15.4. The van der Waals surface area contributed by atoms with Crippen LogP contribution in [-0.2, 0) is 0 Å². The molecule has 4 nitrogen and oxygen atoms in total. The van der Waals surface area contributed by atoms with Gasteiger partial charge in [-0.05, 0) is 17.2 Å². The Morgan fingerprint density at radius 2 is 1.75 bits per heavy atom. The van der Waals surface area contributed by atoms with Gasteiger partial charge in [0.2, 0.25) is 0 Å². The molecule has 1 aromatic heterocycles. The van der Waals surface area contributed by atoms with E-state index in [0.717, 1.165) is 13.1 Å².